The lowest BCUT2D eigenvalue weighted by Gasteiger charge is -2.17. The Morgan fingerprint density at radius 2 is 2.19 bits per heavy atom. The Hall–Kier alpha value is -2.02. The molecule has 2 atom stereocenters. The fraction of sp³-hybridized carbons (Fsp3) is 0.571. The van der Waals surface area contributed by atoms with E-state index in [0.717, 1.165) is 48.4 Å². The first-order valence-electron chi connectivity index (χ1n) is 7.18. The van der Waals surface area contributed by atoms with Crippen LogP contribution in [0.1, 0.15) is 35.6 Å². The van der Waals surface area contributed by atoms with Crippen molar-refractivity contribution in [2.75, 3.05) is 18.5 Å². The second-order valence-electron chi connectivity index (χ2n) is 5.45. The fourth-order valence-corrected chi connectivity index (χ4v) is 2.55. The molecule has 2 aromatic rings. The molecule has 2 aromatic heterocycles. The van der Waals surface area contributed by atoms with E-state index < -0.39 is 0 Å². The number of anilines is 1. The van der Waals surface area contributed by atoms with Gasteiger partial charge in [-0.3, -0.25) is 10.1 Å². The predicted octanol–water partition coefficient (Wildman–Crippen LogP) is 1.71. The highest BCUT2D eigenvalue weighted by Crippen LogP contribution is 2.32. The summed E-state index contributed by atoms with van der Waals surface area (Å²) in [5, 5.41) is 10.5. The summed E-state index contributed by atoms with van der Waals surface area (Å²) in [5.41, 5.74) is 1.82. The van der Waals surface area contributed by atoms with Crippen LogP contribution in [-0.2, 0) is 4.74 Å². The number of rotatable bonds is 4. The van der Waals surface area contributed by atoms with Crippen molar-refractivity contribution in [3.05, 3.63) is 29.2 Å². The monoisotopic (exact) mass is 288 g/mol. The first kappa shape index (κ1) is 13.9. The summed E-state index contributed by atoms with van der Waals surface area (Å²) in [7, 11) is 0. The lowest BCUT2D eigenvalue weighted by atomic mass is 10.0. The van der Waals surface area contributed by atoms with Crippen LogP contribution in [0.15, 0.2) is 6.20 Å². The standard InChI is InChI=1S/C14H20N6O/c1-8-6-15-9(2)13(17-8)16-7-11-4-5-21-12(11)14-18-10(3)19-20-14/h6,11-12H,4-5,7H2,1-3H3,(H,16,17)(H,18,19,20)/t11-,12-/m0/s1. The number of aromatic amines is 1. The van der Waals surface area contributed by atoms with Crippen LogP contribution < -0.4 is 5.32 Å². The first-order valence-corrected chi connectivity index (χ1v) is 7.18. The van der Waals surface area contributed by atoms with E-state index in [-0.39, 0.29) is 6.10 Å². The number of hydrogen-bond acceptors (Lipinski definition) is 6. The molecule has 0 saturated carbocycles. The highest BCUT2D eigenvalue weighted by atomic mass is 16.5. The van der Waals surface area contributed by atoms with Crippen molar-refractivity contribution in [2.24, 2.45) is 5.92 Å². The number of aryl methyl sites for hydroxylation is 3. The first-order chi connectivity index (χ1) is 10.1. The van der Waals surface area contributed by atoms with Crippen molar-refractivity contribution in [3.8, 4) is 0 Å². The molecule has 0 amide bonds. The molecule has 0 spiro atoms. The van der Waals surface area contributed by atoms with Gasteiger partial charge in [0.25, 0.3) is 0 Å². The summed E-state index contributed by atoms with van der Waals surface area (Å²) in [6, 6.07) is 0. The number of nitrogens with one attached hydrogen (secondary N) is 2. The van der Waals surface area contributed by atoms with Gasteiger partial charge in [0.05, 0.1) is 11.4 Å². The van der Waals surface area contributed by atoms with Crippen LogP contribution in [0.3, 0.4) is 0 Å². The molecule has 7 nitrogen and oxygen atoms in total. The molecule has 3 rings (SSSR count). The summed E-state index contributed by atoms with van der Waals surface area (Å²) in [6.45, 7) is 7.30. The van der Waals surface area contributed by atoms with Crippen LogP contribution in [0.25, 0.3) is 0 Å². The van der Waals surface area contributed by atoms with Crippen molar-refractivity contribution in [2.45, 2.75) is 33.3 Å². The molecule has 0 bridgehead atoms. The van der Waals surface area contributed by atoms with Gasteiger partial charge >= 0.3 is 0 Å². The van der Waals surface area contributed by atoms with E-state index in [0.29, 0.717) is 5.92 Å². The van der Waals surface area contributed by atoms with Gasteiger partial charge in [-0.05, 0) is 27.2 Å². The Morgan fingerprint density at radius 3 is 2.95 bits per heavy atom. The SMILES string of the molecule is Cc1cnc(C)c(NC[C@@H]2CCO[C@@H]2c2n[nH]c(C)n2)n1. The van der Waals surface area contributed by atoms with Crippen LogP contribution in [0.2, 0.25) is 0 Å². The third-order valence-electron chi connectivity index (χ3n) is 3.69. The van der Waals surface area contributed by atoms with Crippen LogP contribution >= 0.6 is 0 Å². The minimum atomic E-state index is -0.0551. The average Bonchev–Trinajstić information content (AvgIpc) is 3.08. The van der Waals surface area contributed by atoms with Crippen LogP contribution in [-0.4, -0.2) is 38.3 Å². The molecule has 0 aromatic carbocycles. The zero-order valence-corrected chi connectivity index (χ0v) is 12.6. The molecule has 2 N–H and O–H groups in total. The van der Waals surface area contributed by atoms with Crippen LogP contribution in [0.4, 0.5) is 5.82 Å². The molecule has 0 unspecified atom stereocenters. The molecule has 1 aliphatic heterocycles. The van der Waals surface area contributed by atoms with Gasteiger partial charge in [-0.1, -0.05) is 0 Å². The summed E-state index contributed by atoms with van der Waals surface area (Å²) in [6.07, 6.45) is 2.71. The Bertz CT molecular complexity index is 626. The zero-order valence-electron chi connectivity index (χ0n) is 12.6. The minimum absolute atomic E-state index is 0.0551. The van der Waals surface area contributed by atoms with Crippen LogP contribution in [0.5, 0.6) is 0 Å². The van der Waals surface area contributed by atoms with Gasteiger partial charge in [-0.2, -0.15) is 5.10 Å². The number of ether oxygens (including phenoxy) is 1. The smallest absolute Gasteiger partial charge is 0.179 e. The summed E-state index contributed by atoms with van der Waals surface area (Å²) in [5.74, 6) is 2.73. The maximum absolute atomic E-state index is 5.79. The Labute approximate surface area is 123 Å². The molecule has 112 valence electrons. The molecule has 21 heavy (non-hydrogen) atoms. The fourth-order valence-electron chi connectivity index (χ4n) is 2.55. The highest BCUT2D eigenvalue weighted by Gasteiger charge is 2.32. The second-order valence-corrected chi connectivity index (χ2v) is 5.45. The molecule has 0 radical (unpaired) electrons. The molecule has 1 aliphatic rings. The third-order valence-corrected chi connectivity index (χ3v) is 3.69. The Morgan fingerprint density at radius 1 is 1.33 bits per heavy atom. The Balaban J connectivity index is 1.68. The summed E-state index contributed by atoms with van der Waals surface area (Å²) >= 11 is 0. The summed E-state index contributed by atoms with van der Waals surface area (Å²) < 4.78 is 5.79. The third kappa shape index (κ3) is 3.02. The van der Waals surface area contributed by atoms with Gasteiger partial charge in [0, 0.05) is 25.3 Å². The highest BCUT2D eigenvalue weighted by molar-refractivity contribution is 5.39. The zero-order chi connectivity index (χ0) is 14.8. The number of nitrogens with zero attached hydrogens (tertiary/aromatic N) is 4. The molecule has 1 fully saturated rings. The van der Waals surface area contributed by atoms with E-state index in [1.807, 2.05) is 20.8 Å². The van der Waals surface area contributed by atoms with Gasteiger partial charge < -0.3 is 10.1 Å². The molecular weight excluding hydrogens is 268 g/mol. The number of aromatic nitrogens is 5. The maximum atomic E-state index is 5.79. The van der Waals surface area contributed by atoms with Gasteiger partial charge in [-0.25, -0.2) is 9.97 Å². The van der Waals surface area contributed by atoms with E-state index in [4.69, 9.17) is 4.74 Å². The van der Waals surface area contributed by atoms with Crippen molar-refractivity contribution < 1.29 is 4.74 Å². The maximum Gasteiger partial charge on any atom is 0.179 e. The van der Waals surface area contributed by atoms with Gasteiger partial charge in [0.1, 0.15) is 17.7 Å². The lowest BCUT2D eigenvalue weighted by molar-refractivity contribution is 0.0863. The van der Waals surface area contributed by atoms with Gasteiger partial charge in [0.15, 0.2) is 5.82 Å². The largest absolute Gasteiger partial charge is 0.370 e. The van der Waals surface area contributed by atoms with Gasteiger partial charge in [0.2, 0.25) is 0 Å². The molecule has 0 aliphatic carbocycles. The van der Waals surface area contributed by atoms with E-state index in [2.05, 4.69) is 30.5 Å². The molecule has 7 heteroatoms. The van der Waals surface area contributed by atoms with Crippen molar-refractivity contribution >= 4 is 5.82 Å². The average molecular weight is 288 g/mol. The van der Waals surface area contributed by atoms with E-state index in [9.17, 15) is 0 Å². The number of H-pyrrole nitrogens is 1. The minimum Gasteiger partial charge on any atom is -0.370 e. The normalized spacial score (nSPS) is 21.7. The van der Waals surface area contributed by atoms with Crippen molar-refractivity contribution in [1.82, 2.24) is 25.1 Å². The van der Waals surface area contributed by atoms with Crippen molar-refractivity contribution in [3.63, 3.8) is 0 Å². The number of hydrogen-bond donors (Lipinski definition) is 2. The second kappa shape index (κ2) is 5.77. The Kier molecular flexibility index (Phi) is 3.83. The van der Waals surface area contributed by atoms with E-state index in [1.54, 1.807) is 6.20 Å². The van der Waals surface area contributed by atoms with E-state index >= 15 is 0 Å². The summed E-state index contributed by atoms with van der Waals surface area (Å²) in [4.78, 5) is 13.2. The lowest BCUT2D eigenvalue weighted by Crippen LogP contribution is -2.20. The topological polar surface area (TPSA) is 88.6 Å². The molecule has 3 heterocycles. The van der Waals surface area contributed by atoms with E-state index in [1.165, 1.54) is 0 Å². The molecule has 1 saturated heterocycles. The quantitative estimate of drug-likeness (QED) is 0.890. The van der Waals surface area contributed by atoms with Gasteiger partial charge in [-0.15, -0.1) is 0 Å². The predicted molar refractivity (Wildman–Crippen MR) is 77.9 cm³/mol. The van der Waals surface area contributed by atoms with Crippen molar-refractivity contribution in [1.29, 1.82) is 0 Å². The van der Waals surface area contributed by atoms with Crippen LogP contribution in [0, 0.1) is 26.7 Å². The molecular formula is C14H20N6O.